The third-order valence-electron chi connectivity index (χ3n) is 4.64. The minimum atomic E-state index is 0.334. The zero-order chi connectivity index (χ0) is 14.8. The average Bonchev–Trinajstić information content (AvgIpc) is 3.28. The molecule has 1 heterocycles. The molecule has 4 heteroatoms. The minimum Gasteiger partial charge on any atom is -0.490 e. The first kappa shape index (κ1) is 14.8. The molecule has 1 N–H and O–H groups in total. The van der Waals surface area contributed by atoms with Gasteiger partial charge in [0.05, 0.1) is 6.10 Å². The van der Waals surface area contributed by atoms with Crippen molar-refractivity contribution in [3.8, 4) is 5.75 Å². The lowest BCUT2D eigenvalue weighted by Crippen LogP contribution is -2.54. The van der Waals surface area contributed by atoms with Crippen molar-refractivity contribution in [3.05, 3.63) is 29.8 Å². The van der Waals surface area contributed by atoms with E-state index in [4.69, 9.17) is 4.74 Å². The number of benzene rings is 1. The zero-order valence-corrected chi connectivity index (χ0v) is 13.4. The molecule has 1 saturated carbocycles. The Balaban J connectivity index is 1.77. The number of nitrogens with one attached hydrogen (secondary N) is 1. The number of piperazine rings is 1. The summed E-state index contributed by atoms with van der Waals surface area (Å²) < 4.78 is 5.94. The summed E-state index contributed by atoms with van der Waals surface area (Å²) in [4.78, 5) is 4.88. The number of rotatable bonds is 5. The highest BCUT2D eigenvalue weighted by molar-refractivity contribution is 5.32. The molecule has 1 aliphatic heterocycles. The van der Waals surface area contributed by atoms with Crippen LogP contribution in [0.3, 0.4) is 0 Å². The molecule has 1 aromatic rings. The highest BCUT2D eigenvalue weighted by Gasteiger charge is 2.30. The van der Waals surface area contributed by atoms with Crippen molar-refractivity contribution in [2.24, 2.45) is 0 Å². The van der Waals surface area contributed by atoms with Crippen LogP contribution in [0.15, 0.2) is 24.3 Å². The maximum absolute atomic E-state index is 5.94. The van der Waals surface area contributed by atoms with Gasteiger partial charge in [0.2, 0.25) is 0 Å². The van der Waals surface area contributed by atoms with Gasteiger partial charge in [0.15, 0.2) is 0 Å². The van der Waals surface area contributed by atoms with Gasteiger partial charge in [-0.1, -0.05) is 12.1 Å². The Kier molecular flexibility index (Phi) is 4.48. The van der Waals surface area contributed by atoms with E-state index in [1.807, 2.05) is 0 Å². The lowest BCUT2D eigenvalue weighted by Gasteiger charge is -2.42. The molecule has 4 nitrogen and oxygen atoms in total. The Morgan fingerprint density at radius 3 is 2.76 bits per heavy atom. The Hall–Kier alpha value is -1.10. The van der Waals surface area contributed by atoms with Gasteiger partial charge in [-0.25, -0.2) is 0 Å². The van der Waals surface area contributed by atoms with Gasteiger partial charge in [-0.05, 0) is 51.7 Å². The number of nitrogens with zero attached hydrogens (tertiary/aromatic N) is 2. The molecule has 0 amide bonds. The molecule has 2 fully saturated rings. The van der Waals surface area contributed by atoms with Gasteiger partial charge in [0.1, 0.15) is 5.75 Å². The summed E-state index contributed by atoms with van der Waals surface area (Å²) in [5.74, 6) is 1.02. The van der Waals surface area contributed by atoms with Crippen molar-refractivity contribution in [2.45, 2.75) is 31.0 Å². The van der Waals surface area contributed by atoms with Crippen LogP contribution in [0, 0.1) is 0 Å². The fourth-order valence-corrected chi connectivity index (χ4v) is 3.15. The first-order valence-corrected chi connectivity index (χ1v) is 8.00. The van der Waals surface area contributed by atoms with E-state index in [1.54, 1.807) is 0 Å². The summed E-state index contributed by atoms with van der Waals surface area (Å²) in [6, 6.07) is 9.44. The van der Waals surface area contributed by atoms with E-state index >= 15 is 0 Å². The first-order valence-electron chi connectivity index (χ1n) is 8.00. The summed E-state index contributed by atoms with van der Waals surface area (Å²) >= 11 is 0. The molecular formula is C17H27N3O. The molecule has 2 aliphatic rings. The van der Waals surface area contributed by atoms with Crippen LogP contribution in [0.2, 0.25) is 0 Å². The van der Waals surface area contributed by atoms with Crippen molar-refractivity contribution in [1.82, 2.24) is 15.1 Å². The zero-order valence-electron chi connectivity index (χ0n) is 13.4. The molecule has 1 saturated heterocycles. The molecule has 0 bridgehead atoms. The van der Waals surface area contributed by atoms with Gasteiger partial charge < -0.3 is 15.0 Å². The minimum absolute atomic E-state index is 0.334. The van der Waals surface area contributed by atoms with Gasteiger partial charge >= 0.3 is 0 Å². The van der Waals surface area contributed by atoms with Crippen LogP contribution in [-0.4, -0.2) is 62.7 Å². The SMILES string of the molecule is CNC(c1cccc(OC2CC2)c1)C1CN(C)CCN1C. The molecule has 1 aliphatic carbocycles. The highest BCUT2D eigenvalue weighted by atomic mass is 16.5. The number of likely N-dealkylation sites (N-methyl/N-ethyl adjacent to an activating group) is 3. The highest BCUT2D eigenvalue weighted by Crippen LogP contribution is 2.30. The predicted octanol–water partition coefficient (Wildman–Crippen LogP) is 1.73. The second-order valence-corrected chi connectivity index (χ2v) is 6.47. The fourth-order valence-electron chi connectivity index (χ4n) is 3.15. The normalized spacial score (nSPS) is 25.8. The van der Waals surface area contributed by atoms with Crippen LogP contribution >= 0.6 is 0 Å². The summed E-state index contributed by atoms with van der Waals surface area (Å²) in [5, 5.41) is 3.51. The maximum atomic E-state index is 5.94. The van der Waals surface area contributed by atoms with Gasteiger partial charge in [-0.2, -0.15) is 0 Å². The fraction of sp³-hybridized carbons (Fsp3) is 0.647. The molecule has 2 unspecified atom stereocenters. The Morgan fingerprint density at radius 2 is 2.05 bits per heavy atom. The van der Waals surface area contributed by atoms with E-state index in [-0.39, 0.29) is 0 Å². The molecule has 21 heavy (non-hydrogen) atoms. The lowest BCUT2D eigenvalue weighted by molar-refractivity contribution is 0.0896. The van der Waals surface area contributed by atoms with Gasteiger partial charge in [-0.3, -0.25) is 4.90 Å². The van der Waals surface area contributed by atoms with Crippen LogP contribution in [0.25, 0.3) is 0 Å². The van der Waals surface area contributed by atoms with E-state index in [1.165, 1.54) is 18.4 Å². The standard InChI is InChI=1S/C17H27N3O/c1-18-17(16-12-19(2)9-10-20(16)3)13-5-4-6-15(11-13)21-14-7-8-14/h4-6,11,14,16-18H,7-10,12H2,1-3H3. The van der Waals surface area contributed by atoms with Crippen LogP contribution in [-0.2, 0) is 0 Å². The van der Waals surface area contributed by atoms with Crippen molar-refractivity contribution in [1.29, 1.82) is 0 Å². The number of hydrogen-bond acceptors (Lipinski definition) is 4. The van der Waals surface area contributed by atoms with E-state index < -0.39 is 0 Å². The first-order chi connectivity index (χ1) is 10.2. The quantitative estimate of drug-likeness (QED) is 0.893. The van der Waals surface area contributed by atoms with E-state index in [9.17, 15) is 0 Å². The second-order valence-electron chi connectivity index (χ2n) is 6.47. The Morgan fingerprint density at radius 1 is 1.24 bits per heavy atom. The van der Waals surface area contributed by atoms with Gasteiger partial charge in [0, 0.05) is 31.7 Å². The lowest BCUT2D eigenvalue weighted by atomic mass is 9.96. The molecule has 3 rings (SSSR count). The monoisotopic (exact) mass is 289 g/mol. The maximum Gasteiger partial charge on any atom is 0.120 e. The van der Waals surface area contributed by atoms with Crippen molar-refractivity contribution in [2.75, 3.05) is 40.8 Å². The molecule has 0 aromatic heterocycles. The smallest absolute Gasteiger partial charge is 0.120 e. The summed E-state index contributed by atoms with van der Waals surface area (Å²) in [7, 11) is 6.49. The van der Waals surface area contributed by atoms with E-state index in [2.05, 4.69) is 60.5 Å². The van der Waals surface area contributed by atoms with Gasteiger partial charge in [-0.15, -0.1) is 0 Å². The Labute approximate surface area is 128 Å². The molecular weight excluding hydrogens is 262 g/mol. The second kappa shape index (κ2) is 6.34. The van der Waals surface area contributed by atoms with Crippen molar-refractivity contribution in [3.63, 3.8) is 0 Å². The Bertz CT molecular complexity index is 475. The average molecular weight is 289 g/mol. The van der Waals surface area contributed by atoms with Crippen molar-refractivity contribution >= 4 is 0 Å². The van der Waals surface area contributed by atoms with E-state index in [0.717, 1.165) is 25.4 Å². The van der Waals surface area contributed by atoms with Gasteiger partial charge in [0.25, 0.3) is 0 Å². The summed E-state index contributed by atoms with van der Waals surface area (Å²) in [6.07, 6.45) is 2.86. The summed E-state index contributed by atoms with van der Waals surface area (Å²) in [5.41, 5.74) is 1.32. The number of ether oxygens (including phenoxy) is 1. The molecule has 0 radical (unpaired) electrons. The van der Waals surface area contributed by atoms with Crippen molar-refractivity contribution < 1.29 is 4.74 Å². The van der Waals surface area contributed by atoms with Crippen LogP contribution in [0.5, 0.6) is 5.75 Å². The molecule has 116 valence electrons. The van der Waals surface area contributed by atoms with E-state index in [0.29, 0.717) is 18.2 Å². The molecule has 1 aromatic carbocycles. The summed E-state index contributed by atoms with van der Waals surface area (Å²) in [6.45, 7) is 3.36. The van der Waals surface area contributed by atoms with Crippen LogP contribution in [0.1, 0.15) is 24.4 Å². The predicted molar refractivity (Wildman–Crippen MR) is 85.8 cm³/mol. The topological polar surface area (TPSA) is 27.7 Å². The van der Waals surface area contributed by atoms with Crippen LogP contribution < -0.4 is 10.1 Å². The molecule has 0 spiro atoms. The largest absolute Gasteiger partial charge is 0.490 e. The third-order valence-corrected chi connectivity index (χ3v) is 4.64. The third kappa shape index (κ3) is 3.57. The molecule has 2 atom stereocenters. The van der Waals surface area contributed by atoms with Crippen LogP contribution in [0.4, 0.5) is 0 Å². The number of hydrogen-bond donors (Lipinski definition) is 1.